The lowest BCUT2D eigenvalue weighted by molar-refractivity contribution is 0.322. The van der Waals surface area contributed by atoms with Crippen molar-refractivity contribution in [3.05, 3.63) is 95.1 Å². The maximum absolute atomic E-state index is 14.2. The summed E-state index contributed by atoms with van der Waals surface area (Å²) in [5.74, 6) is 0.207. The van der Waals surface area contributed by atoms with E-state index in [2.05, 4.69) is 5.32 Å². The number of thioether (sulfide) groups is 1. The van der Waals surface area contributed by atoms with Gasteiger partial charge in [-0.2, -0.15) is 0 Å². The fraction of sp³-hybridized carbons (Fsp3) is 0.200. The minimum absolute atomic E-state index is 0.0352. The lowest BCUT2D eigenvalue weighted by atomic mass is 10.1. The van der Waals surface area contributed by atoms with Crippen molar-refractivity contribution in [3.8, 4) is 11.5 Å². The van der Waals surface area contributed by atoms with Crippen LogP contribution >= 0.6 is 11.8 Å². The first-order valence-corrected chi connectivity index (χ1v) is 10.9. The molecule has 0 radical (unpaired) electrons. The molecule has 0 saturated heterocycles. The number of halogens is 2. The number of hydrogen-bond acceptors (Lipinski definition) is 4. The Balaban J connectivity index is 1.81. The van der Waals surface area contributed by atoms with E-state index in [1.807, 2.05) is 61.6 Å². The average molecular weight is 442 g/mol. The maximum Gasteiger partial charge on any atom is 0.170 e. The van der Waals surface area contributed by atoms with Gasteiger partial charge in [-0.05, 0) is 54.4 Å². The number of ether oxygens (including phenoxy) is 2. The van der Waals surface area contributed by atoms with Crippen LogP contribution in [0, 0.1) is 18.6 Å². The zero-order chi connectivity index (χ0) is 22.2. The molecule has 0 atom stereocenters. The van der Waals surface area contributed by atoms with E-state index in [0.717, 1.165) is 27.5 Å². The summed E-state index contributed by atoms with van der Waals surface area (Å²) in [6.07, 6.45) is 0. The van der Waals surface area contributed by atoms with Crippen molar-refractivity contribution < 1.29 is 18.3 Å². The predicted molar refractivity (Wildman–Crippen MR) is 124 cm³/mol. The zero-order valence-corrected chi connectivity index (χ0v) is 18.6. The van der Waals surface area contributed by atoms with Crippen LogP contribution in [0.3, 0.4) is 0 Å². The minimum atomic E-state index is -0.655. The Morgan fingerprint density at radius 1 is 0.935 bits per heavy atom. The SMILES string of the molecule is CN/C(=C(\SCCOc1ccc(F)c(C)c1F)c1ccccc1)c1ccc(OC)cc1. The normalized spacial score (nSPS) is 11.6. The van der Waals surface area contributed by atoms with E-state index in [-0.39, 0.29) is 17.9 Å². The van der Waals surface area contributed by atoms with Gasteiger partial charge in [0.2, 0.25) is 0 Å². The Labute approximate surface area is 186 Å². The van der Waals surface area contributed by atoms with Crippen LogP contribution in [-0.4, -0.2) is 26.5 Å². The number of hydrogen-bond donors (Lipinski definition) is 1. The van der Waals surface area contributed by atoms with Crippen molar-refractivity contribution in [1.82, 2.24) is 5.32 Å². The Kier molecular flexibility index (Phi) is 7.95. The van der Waals surface area contributed by atoms with Crippen molar-refractivity contribution in [3.63, 3.8) is 0 Å². The van der Waals surface area contributed by atoms with Crippen LogP contribution in [0.4, 0.5) is 8.78 Å². The number of benzene rings is 3. The van der Waals surface area contributed by atoms with Crippen LogP contribution in [-0.2, 0) is 0 Å². The zero-order valence-electron chi connectivity index (χ0n) is 17.7. The molecular weight excluding hydrogens is 416 g/mol. The molecule has 0 amide bonds. The van der Waals surface area contributed by atoms with Gasteiger partial charge >= 0.3 is 0 Å². The van der Waals surface area contributed by atoms with Crippen LogP contribution in [0.1, 0.15) is 16.7 Å². The van der Waals surface area contributed by atoms with E-state index < -0.39 is 11.6 Å². The Morgan fingerprint density at radius 3 is 2.29 bits per heavy atom. The molecule has 3 aromatic carbocycles. The molecule has 0 aliphatic rings. The Morgan fingerprint density at radius 2 is 1.65 bits per heavy atom. The van der Waals surface area contributed by atoms with Gasteiger partial charge in [0, 0.05) is 23.3 Å². The highest BCUT2D eigenvalue weighted by Gasteiger charge is 2.14. The highest BCUT2D eigenvalue weighted by Crippen LogP contribution is 2.34. The van der Waals surface area contributed by atoms with Gasteiger partial charge in [-0.1, -0.05) is 30.3 Å². The Hall–Kier alpha value is -2.99. The summed E-state index contributed by atoms with van der Waals surface area (Å²) in [6, 6.07) is 20.4. The summed E-state index contributed by atoms with van der Waals surface area (Å²) in [6.45, 7) is 1.68. The first kappa shape index (κ1) is 22.7. The molecule has 162 valence electrons. The van der Waals surface area contributed by atoms with Gasteiger partial charge in [-0.25, -0.2) is 8.78 Å². The second-order valence-corrected chi connectivity index (χ2v) is 7.84. The molecule has 0 aromatic heterocycles. The molecule has 0 heterocycles. The summed E-state index contributed by atoms with van der Waals surface area (Å²) >= 11 is 1.61. The molecule has 0 spiro atoms. The molecule has 1 N–H and O–H groups in total. The summed E-state index contributed by atoms with van der Waals surface area (Å²) in [7, 11) is 3.52. The molecule has 31 heavy (non-hydrogen) atoms. The first-order valence-electron chi connectivity index (χ1n) is 9.87. The molecule has 0 fully saturated rings. The highest BCUT2D eigenvalue weighted by molar-refractivity contribution is 8.08. The molecule has 0 saturated carbocycles. The summed E-state index contributed by atoms with van der Waals surface area (Å²) < 4.78 is 38.5. The second kappa shape index (κ2) is 10.9. The van der Waals surface area contributed by atoms with Gasteiger partial charge in [-0.3, -0.25) is 0 Å². The molecule has 0 unspecified atom stereocenters. The van der Waals surface area contributed by atoms with Gasteiger partial charge in [0.15, 0.2) is 11.6 Å². The summed E-state index contributed by atoms with van der Waals surface area (Å²) in [5, 5.41) is 3.31. The van der Waals surface area contributed by atoms with Crippen LogP contribution < -0.4 is 14.8 Å². The molecule has 3 rings (SSSR count). The fourth-order valence-electron chi connectivity index (χ4n) is 3.08. The van der Waals surface area contributed by atoms with E-state index in [0.29, 0.717) is 5.75 Å². The van der Waals surface area contributed by atoms with Gasteiger partial charge in [0.1, 0.15) is 11.6 Å². The minimum Gasteiger partial charge on any atom is -0.497 e. The van der Waals surface area contributed by atoms with Gasteiger partial charge in [-0.15, -0.1) is 11.8 Å². The van der Waals surface area contributed by atoms with E-state index >= 15 is 0 Å². The molecule has 0 aliphatic heterocycles. The average Bonchev–Trinajstić information content (AvgIpc) is 2.81. The fourth-order valence-corrected chi connectivity index (χ4v) is 4.12. The molecule has 0 aliphatic carbocycles. The molecular formula is C25H25F2NO2S. The highest BCUT2D eigenvalue weighted by atomic mass is 32.2. The number of nitrogens with one attached hydrogen (secondary N) is 1. The molecule has 3 aromatic rings. The molecule has 3 nitrogen and oxygen atoms in total. The summed E-state index contributed by atoms with van der Waals surface area (Å²) in [4.78, 5) is 1.05. The lowest BCUT2D eigenvalue weighted by Crippen LogP contribution is -2.09. The number of rotatable bonds is 9. The first-order chi connectivity index (χ1) is 15.0. The van der Waals surface area contributed by atoms with E-state index in [9.17, 15) is 8.78 Å². The van der Waals surface area contributed by atoms with Crippen molar-refractivity contribution in [1.29, 1.82) is 0 Å². The van der Waals surface area contributed by atoms with E-state index in [1.165, 1.54) is 19.1 Å². The predicted octanol–water partition coefficient (Wildman–Crippen LogP) is 6.14. The Bertz CT molecular complexity index is 1040. The standard InChI is InChI=1S/C25H25F2NO2S/c1-17-21(26)13-14-22(23(17)27)30-15-16-31-25(19-7-5-4-6-8-19)24(28-2)18-9-11-20(29-3)12-10-18/h4-14,28H,15-16H2,1-3H3/b25-24-. The van der Waals surface area contributed by atoms with Crippen molar-refractivity contribution >= 4 is 22.4 Å². The second-order valence-electron chi connectivity index (χ2n) is 6.73. The van der Waals surface area contributed by atoms with Crippen LogP contribution in [0.15, 0.2) is 66.7 Å². The largest absolute Gasteiger partial charge is 0.497 e. The smallest absolute Gasteiger partial charge is 0.170 e. The monoisotopic (exact) mass is 441 g/mol. The maximum atomic E-state index is 14.2. The van der Waals surface area contributed by atoms with Gasteiger partial charge in [0.25, 0.3) is 0 Å². The molecule has 0 bridgehead atoms. The molecule has 6 heteroatoms. The van der Waals surface area contributed by atoms with E-state index in [1.54, 1.807) is 18.9 Å². The van der Waals surface area contributed by atoms with Crippen LogP contribution in [0.25, 0.3) is 10.6 Å². The third-order valence-electron chi connectivity index (χ3n) is 4.76. The third-order valence-corrected chi connectivity index (χ3v) is 5.86. The third kappa shape index (κ3) is 5.58. The van der Waals surface area contributed by atoms with Crippen LogP contribution in [0.5, 0.6) is 11.5 Å². The number of methoxy groups -OCH3 is 1. The topological polar surface area (TPSA) is 30.5 Å². The summed E-state index contributed by atoms with van der Waals surface area (Å²) in [5.41, 5.74) is 3.03. The van der Waals surface area contributed by atoms with Crippen LogP contribution in [0.2, 0.25) is 0 Å². The van der Waals surface area contributed by atoms with Crippen molar-refractivity contribution in [2.24, 2.45) is 0 Å². The quantitative estimate of drug-likeness (QED) is 0.319. The van der Waals surface area contributed by atoms with Gasteiger partial charge in [0.05, 0.1) is 19.4 Å². The lowest BCUT2D eigenvalue weighted by Gasteiger charge is -2.17. The van der Waals surface area contributed by atoms with E-state index in [4.69, 9.17) is 9.47 Å². The van der Waals surface area contributed by atoms with Crippen molar-refractivity contribution in [2.45, 2.75) is 6.92 Å². The van der Waals surface area contributed by atoms with Gasteiger partial charge < -0.3 is 14.8 Å². The van der Waals surface area contributed by atoms with Crippen molar-refractivity contribution in [2.75, 3.05) is 26.5 Å².